The highest BCUT2D eigenvalue weighted by atomic mass is 35.5. The number of benzene rings is 1. The van der Waals surface area contributed by atoms with E-state index in [9.17, 15) is 4.79 Å². The standard InChI is InChI=1S/C18H21ClN2O2/c1-13(2)23-17-5-4-15(12-16(17)19)18(22)21(3)11-8-14-6-9-20-10-7-14/h4-7,9-10,12-13H,8,11H2,1-3H3. The molecule has 2 rings (SSSR count). The van der Waals surface area contributed by atoms with E-state index in [0.717, 1.165) is 12.0 Å². The lowest BCUT2D eigenvalue weighted by molar-refractivity contribution is 0.0796. The highest BCUT2D eigenvalue weighted by molar-refractivity contribution is 6.32. The van der Waals surface area contributed by atoms with E-state index in [4.69, 9.17) is 16.3 Å². The van der Waals surface area contributed by atoms with Crippen LogP contribution in [-0.4, -0.2) is 35.5 Å². The molecule has 0 aliphatic rings. The van der Waals surface area contributed by atoms with Crippen molar-refractivity contribution in [3.05, 3.63) is 58.9 Å². The average molecular weight is 333 g/mol. The third-order valence-electron chi connectivity index (χ3n) is 3.37. The van der Waals surface area contributed by atoms with E-state index in [0.29, 0.717) is 22.9 Å². The van der Waals surface area contributed by atoms with Crippen LogP contribution in [-0.2, 0) is 6.42 Å². The molecule has 23 heavy (non-hydrogen) atoms. The van der Waals surface area contributed by atoms with Crippen molar-refractivity contribution >= 4 is 17.5 Å². The van der Waals surface area contributed by atoms with Crippen molar-refractivity contribution in [2.75, 3.05) is 13.6 Å². The molecule has 0 fully saturated rings. The molecule has 0 saturated carbocycles. The van der Waals surface area contributed by atoms with Gasteiger partial charge in [0.25, 0.3) is 5.91 Å². The van der Waals surface area contributed by atoms with Gasteiger partial charge in [-0.25, -0.2) is 0 Å². The Balaban J connectivity index is 2.00. The molecule has 0 radical (unpaired) electrons. The fourth-order valence-corrected chi connectivity index (χ4v) is 2.38. The fraction of sp³-hybridized carbons (Fsp3) is 0.333. The first kappa shape index (κ1) is 17.3. The molecule has 0 N–H and O–H groups in total. The zero-order chi connectivity index (χ0) is 16.8. The summed E-state index contributed by atoms with van der Waals surface area (Å²) in [5.41, 5.74) is 1.71. The second-order valence-electron chi connectivity index (χ2n) is 5.64. The average Bonchev–Trinajstić information content (AvgIpc) is 2.54. The summed E-state index contributed by atoms with van der Waals surface area (Å²) >= 11 is 6.19. The highest BCUT2D eigenvalue weighted by Gasteiger charge is 2.14. The molecule has 122 valence electrons. The molecule has 0 unspecified atom stereocenters. The van der Waals surface area contributed by atoms with E-state index >= 15 is 0 Å². The minimum Gasteiger partial charge on any atom is -0.489 e. The predicted molar refractivity (Wildman–Crippen MR) is 92.1 cm³/mol. The number of rotatable bonds is 6. The molecule has 1 amide bonds. The van der Waals surface area contributed by atoms with Gasteiger partial charge in [0, 0.05) is 31.5 Å². The smallest absolute Gasteiger partial charge is 0.253 e. The molecular formula is C18H21ClN2O2. The van der Waals surface area contributed by atoms with E-state index in [1.54, 1.807) is 42.5 Å². The first-order chi connectivity index (χ1) is 11.0. The lowest BCUT2D eigenvalue weighted by Gasteiger charge is -2.18. The van der Waals surface area contributed by atoms with Crippen LogP contribution in [0.5, 0.6) is 5.75 Å². The Labute approximate surface area is 142 Å². The lowest BCUT2D eigenvalue weighted by Crippen LogP contribution is -2.28. The van der Waals surface area contributed by atoms with E-state index < -0.39 is 0 Å². The number of nitrogens with zero attached hydrogens (tertiary/aromatic N) is 2. The van der Waals surface area contributed by atoms with Crippen molar-refractivity contribution < 1.29 is 9.53 Å². The van der Waals surface area contributed by atoms with Crippen LogP contribution in [0, 0.1) is 0 Å². The maximum absolute atomic E-state index is 12.5. The molecule has 0 atom stereocenters. The van der Waals surface area contributed by atoms with Crippen LogP contribution in [0.2, 0.25) is 5.02 Å². The molecular weight excluding hydrogens is 312 g/mol. The van der Waals surface area contributed by atoms with Gasteiger partial charge in [0.1, 0.15) is 5.75 Å². The SMILES string of the molecule is CC(C)Oc1ccc(C(=O)N(C)CCc2ccncc2)cc1Cl. The summed E-state index contributed by atoms with van der Waals surface area (Å²) in [6.45, 7) is 4.50. The van der Waals surface area contributed by atoms with E-state index in [2.05, 4.69) is 4.98 Å². The monoisotopic (exact) mass is 332 g/mol. The number of carbonyl (C=O) groups is 1. The maximum Gasteiger partial charge on any atom is 0.253 e. The molecule has 1 heterocycles. The normalized spacial score (nSPS) is 10.7. The van der Waals surface area contributed by atoms with Gasteiger partial charge in [-0.15, -0.1) is 0 Å². The van der Waals surface area contributed by atoms with Crippen LogP contribution < -0.4 is 4.74 Å². The summed E-state index contributed by atoms with van der Waals surface area (Å²) in [7, 11) is 1.79. The molecule has 4 nitrogen and oxygen atoms in total. The molecule has 0 aliphatic carbocycles. The molecule has 0 saturated heterocycles. The summed E-state index contributed by atoms with van der Waals surface area (Å²) < 4.78 is 5.58. The fourth-order valence-electron chi connectivity index (χ4n) is 2.15. The predicted octanol–water partition coefficient (Wildman–Crippen LogP) is 3.84. The van der Waals surface area contributed by atoms with Crippen molar-refractivity contribution in [3.63, 3.8) is 0 Å². The van der Waals surface area contributed by atoms with Crippen molar-refractivity contribution in [2.45, 2.75) is 26.4 Å². The van der Waals surface area contributed by atoms with Crippen LogP contribution in [0.25, 0.3) is 0 Å². The number of aromatic nitrogens is 1. The van der Waals surface area contributed by atoms with Crippen LogP contribution in [0.4, 0.5) is 0 Å². The topological polar surface area (TPSA) is 42.4 Å². The first-order valence-corrected chi connectivity index (χ1v) is 7.95. The van der Waals surface area contributed by atoms with Gasteiger partial charge in [0.05, 0.1) is 11.1 Å². The summed E-state index contributed by atoms with van der Waals surface area (Å²) in [5, 5.41) is 0.451. The minimum atomic E-state index is -0.0583. The van der Waals surface area contributed by atoms with Crippen molar-refractivity contribution in [1.29, 1.82) is 0 Å². The van der Waals surface area contributed by atoms with Gasteiger partial charge in [-0.3, -0.25) is 9.78 Å². The van der Waals surface area contributed by atoms with Gasteiger partial charge in [0.2, 0.25) is 0 Å². The first-order valence-electron chi connectivity index (χ1n) is 7.58. The third-order valence-corrected chi connectivity index (χ3v) is 3.67. The Morgan fingerprint density at radius 1 is 1.26 bits per heavy atom. The largest absolute Gasteiger partial charge is 0.489 e. The molecule has 0 spiro atoms. The molecule has 1 aromatic carbocycles. The van der Waals surface area contributed by atoms with Crippen LogP contribution in [0.15, 0.2) is 42.7 Å². The van der Waals surface area contributed by atoms with E-state index in [1.165, 1.54) is 0 Å². The van der Waals surface area contributed by atoms with Gasteiger partial charge in [-0.2, -0.15) is 0 Å². The second-order valence-corrected chi connectivity index (χ2v) is 6.05. The molecule has 2 aromatic rings. The van der Waals surface area contributed by atoms with Crippen LogP contribution in [0.3, 0.4) is 0 Å². The van der Waals surface area contributed by atoms with Crippen molar-refractivity contribution in [1.82, 2.24) is 9.88 Å². The third kappa shape index (κ3) is 4.96. The Kier molecular flexibility index (Phi) is 5.99. The summed E-state index contributed by atoms with van der Waals surface area (Å²) in [5.74, 6) is 0.537. The van der Waals surface area contributed by atoms with Gasteiger partial charge in [-0.05, 0) is 56.2 Å². The number of hydrogen-bond donors (Lipinski definition) is 0. The van der Waals surface area contributed by atoms with Crippen LogP contribution >= 0.6 is 11.6 Å². The quantitative estimate of drug-likeness (QED) is 0.807. The minimum absolute atomic E-state index is 0.0390. The molecule has 0 aliphatic heterocycles. The number of amides is 1. The zero-order valence-corrected chi connectivity index (χ0v) is 14.4. The van der Waals surface area contributed by atoms with Gasteiger partial charge < -0.3 is 9.64 Å². The Morgan fingerprint density at radius 2 is 1.96 bits per heavy atom. The van der Waals surface area contributed by atoms with E-state index in [1.807, 2.05) is 26.0 Å². The maximum atomic E-state index is 12.5. The lowest BCUT2D eigenvalue weighted by atomic mass is 10.1. The molecule has 0 bridgehead atoms. The second kappa shape index (κ2) is 7.97. The summed E-state index contributed by atoms with van der Waals surface area (Å²) in [4.78, 5) is 18.1. The summed E-state index contributed by atoms with van der Waals surface area (Å²) in [6, 6.07) is 9.05. The number of hydrogen-bond acceptors (Lipinski definition) is 3. The van der Waals surface area contributed by atoms with Gasteiger partial charge in [0.15, 0.2) is 0 Å². The molecule has 1 aromatic heterocycles. The number of ether oxygens (including phenoxy) is 1. The van der Waals surface area contributed by atoms with Crippen molar-refractivity contribution in [2.24, 2.45) is 0 Å². The summed E-state index contributed by atoms with van der Waals surface area (Å²) in [6.07, 6.45) is 4.33. The van der Waals surface area contributed by atoms with Gasteiger partial charge in [-0.1, -0.05) is 11.6 Å². The van der Waals surface area contributed by atoms with Crippen molar-refractivity contribution in [3.8, 4) is 5.75 Å². The van der Waals surface area contributed by atoms with Crippen LogP contribution in [0.1, 0.15) is 29.8 Å². The van der Waals surface area contributed by atoms with Gasteiger partial charge >= 0.3 is 0 Å². The Morgan fingerprint density at radius 3 is 2.57 bits per heavy atom. The Hall–Kier alpha value is -2.07. The number of carbonyl (C=O) groups excluding carboxylic acids is 1. The number of halogens is 1. The number of pyridine rings is 1. The zero-order valence-electron chi connectivity index (χ0n) is 13.6. The highest BCUT2D eigenvalue weighted by Crippen LogP contribution is 2.26. The van der Waals surface area contributed by atoms with E-state index in [-0.39, 0.29) is 12.0 Å². The number of likely N-dealkylation sites (N-methyl/N-ethyl adjacent to an activating group) is 1. The molecule has 5 heteroatoms. The Bertz CT molecular complexity index is 659.